The number of aryl methyl sites for hydroxylation is 1. The number of hydrogen-bond acceptors (Lipinski definition) is 5. The van der Waals surface area contributed by atoms with Crippen LogP contribution < -0.4 is 4.57 Å². The van der Waals surface area contributed by atoms with Crippen molar-refractivity contribution < 1.29 is 27.1 Å². The number of hydrogen-bond donors (Lipinski definition) is 0. The van der Waals surface area contributed by atoms with Crippen LogP contribution in [0.1, 0.15) is 71.2 Å². The highest BCUT2D eigenvalue weighted by atomic mass is 32.2. The van der Waals surface area contributed by atoms with Crippen LogP contribution in [0.5, 0.6) is 0 Å². The molecule has 4 rings (SSSR count). The Balaban J connectivity index is 0.000000261. The molecule has 2 aromatic carbocycles. The highest BCUT2D eigenvalue weighted by Gasteiger charge is 2.42. The van der Waals surface area contributed by atoms with E-state index in [1.165, 1.54) is 12.1 Å². The zero-order valence-corrected chi connectivity index (χ0v) is 21.8. The van der Waals surface area contributed by atoms with Crippen LogP contribution >= 0.6 is 0 Å². The van der Waals surface area contributed by atoms with E-state index in [1.807, 2.05) is 35.1 Å². The third-order valence-electron chi connectivity index (χ3n) is 5.80. The monoisotopic (exact) mass is 496 g/mol. The number of imidazole rings is 1. The molecular weight excluding hydrogens is 464 g/mol. The Hall–Kier alpha value is -3.10. The van der Waals surface area contributed by atoms with Crippen molar-refractivity contribution in [3.63, 3.8) is 0 Å². The fourth-order valence-corrected chi connectivity index (χ4v) is 4.67. The lowest BCUT2D eigenvalue weighted by molar-refractivity contribution is -0.709. The maximum absolute atomic E-state index is 13.1. The summed E-state index contributed by atoms with van der Waals surface area (Å²) in [7, 11) is -4.27. The standard InChI is InChI=1S/C20H25N2O2.C7H8O3S/c1-12(2)10-21-14(5)22(11-13(3)4)18-17(21)19(23)15-8-6-7-9-16(15)20(18)24;1-6-2-4-7(5-3-6)11(8,9)10/h6-9,12-13H,10-11H2,1-5H3;2-5H,1H3,(H,8,9,10)/q+1;/p-1. The molecular formula is C27H32N2O5S. The molecule has 0 fully saturated rings. The third-order valence-corrected chi connectivity index (χ3v) is 6.65. The van der Waals surface area contributed by atoms with Gasteiger partial charge >= 0.3 is 0 Å². The first kappa shape index (κ1) is 26.5. The van der Waals surface area contributed by atoms with Crippen molar-refractivity contribution in [3.05, 3.63) is 82.4 Å². The van der Waals surface area contributed by atoms with Crippen LogP contribution in [-0.4, -0.2) is 29.1 Å². The number of fused-ring (bicyclic) bond motifs is 2. The van der Waals surface area contributed by atoms with E-state index < -0.39 is 10.1 Å². The van der Waals surface area contributed by atoms with E-state index in [0.717, 1.165) is 24.5 Å². The molecule has 0 N–H and O–H groups in total. The fourth-order valence-electron chi connectivity index (χ4n) is 4.20. The molecule has 0 spiro atoms. The molecule has 1 aromatic heterocycles. The van der Waals surface area contributed by atoms with Crippen LogP contribution in [0.15, 0.2) is 53.4 Å². The van der Waals surface area contributed by atoms with Crippen molar-refractivity contribution in [1.29, 1.82) is 0 Å². The maximum Gasteiger partial charge on any atom is 0.254 e. The molecule has 0 amide bonds. The predicted octanol–water partition coefficient (Wildman–Crippen LogP) is 4.07. The first-order valence-corrected chi connectivity index (χ1v) is 13.1. The zero-order chi connectivity index (χ0) is 26.1. The van der Waals surface area contributed by atoms with Crippen molar-refractivity contribution in [2.75, 3.05) is 0 Å². The molecule has 3 aromatic rings. The number of nitrogens with zero attached hydrogens (tertiary/aromatic N) is 2. The largest absolute Gasteiger partial charge is 0.744 e. The lowest BCUT2D eigenvalue weighted by atomic mass is 9.89. The first-order chi connectivity index (χ1) is 16.3. The van der Waals surface area contributed by atoms with Gasteiger partial charge in [0, 0.05) is 18.1 Å². The van der Waals surface area contributed by atoms with Crippen LogP contribution in [0.25, 0.3) is 0 Å². The summed E-state index contributed by atoms with van der Waals surface area (Å²) in [6.45, 7) is 13.8. The number of carbonyl (C=O) groups excluding carboxylic acids is 2. The minimum absolute atomic E-state index is 0.0357. The number of carbonyl (C=O) groups is 2. The van der Waals surface area contributed by atoms with E-state index >= 15 is 0 Å². The molecule has 8 heteroatoms. The van der Waals surface area contributed by atoms with E-state index in [4.69, 9.17) is 0 Å². The smallest absolute Gasteiger partial charge is 0.254 e. The van der Waals surface area contributed by atoms with Crippen molar-refractivity contribution >= 4 is 21.7 Å². The third kappa shape index (κ3) is 5.60. The van der Waals surface area contributed by atoms with Gasteiger partial charge in [0.15, 0.2) is 0 Å². The summed E-state index contributed by atoms with van der Waals surface area (Å²) in [5.41, 5.74) is 3.09. The second-order valence-corrected chi connectivity index (χ2v) is 11.1. The van der Waals surface area contributed by atoms with E-state index in [2.05, 4.69) is 27.7 Å². The van der Waals surface area contributed by atoms with Crippen LogP contribution in [-0.2, 0) is 23.2 Å². The van der Waals surface area contributed by atoms with E-state index in [-0.39, 0.29) is 16.5 Å². The molecule has 0 saturated heterocycles. The molecule has 0 aliphatic heterocycles. The molecule has 0 radical (unpaired) electrons. The fraction of sp³-hybridized carbons (Fsp3) is 0.370. The zero-order valence-electron chi connectivity index (χ0n) is 21.0. The van der Waals surface area contributed by atoms with Crippen LogP contribution in [0, 0.1) is 25.7 Å². The van der Waals surface area contributed by atoms with Gasteiger partial charge in [0.25, 0.3) is 5.82 Å². The van der Waals surface area contributed by atoms with Crippen LogP contribution in [0.2, 0.25) is 0 Å². The van der Waals surface area contributed by atoms with Gasteiger partial charge in [-0.1, -0.05) is 69.7 Å². The average Bonchev–Trinajstić information content (AvgIpc) is 3.03. The topological polar surface area (TPSA) is 100 Å². The molecule has 0 saturated carbocycles. The summed E-state index contributed by atoms with van der Waals surface area (Å²) in [6, 6.07) is 12.9. The summed E-state index contributed by atoms with van der Waals surface area (Å²) in [5, 5.41) is 0. The summed E-state index contributed by atoms with van der Waals surface area (Å²) in [6.07, 6.45) is 0. The Kier molecular flexibility index (Phi) is 7.77. The predicted molar refractivity (Wildman–Crippen MR) is 131 cm³/mol. The number of ketones is 2. The Bertz CT molecular complexity index is 1300. The Labute approximate surface area is 207 Å². The second kappa shape index (κ2) is 10.3. The summed E-state index contributed by atoms with van der Waals surface area (Å²) in [5.74, 6) is 1.70. The van der Waals surface area contributed by atoms with Gasteiger partial charge in [-0.05, 0) is 30.9 Å². The molecule has 0 bridgehead atoms. The van der Waals surface area contributed by atoms with E-state index in [0.29, 0.717) is 34.4 Å². The molecule has 7 nitrogen and oxygen atoms in total. The summed E-state index contributed by atoms with van der Waals surface area (Å²) < 4.78 is 35.2. The first-order valence-electron chi connectivity index (χ1n) is 11.7. The van der Waals surface area contributed by atoms with Gasteiger partial charge in [-0.2, -0.15) is 0 Å². The minimum atomic E-state index is -4.27. The Morgan fingerprint density at radius 1 is 0.857 bits per heavy atom. The van der Waals surface area contributed by atoms with Crippen molar-refractivity contribution in [1.82, 2.24) is 4.57 Å². The number of aromatic nitrogens is 2. The molecule has 1 aliphatic carbocycles. The van der Waals surface area contributed by atoms with E-state index in [1.54, 1.807) is 24.3 Å². The summed E-state index contributed by atoms with van der Waals surface area (Å²) in [4.78, 5) is 26.1. The Morgan fingerprint density at radius 2 is 1.40 bits per heavy atom. The van der Waals surface area contributed by atoms with Gasteiger partial charge in [-0.25, -0.2) is 17.6 Å². The Morgan fingerprint density at radius 3 is 1.89 bits per heavy atom. The normalized spacial score (nSPS) is 12.9. The SMILES string of the molecule is Cc1ccc(S(=O)(=O)[O-])cc1.Cc1n(CC(C)C)c2c([n+]1CC(C)C)C(=O)c1ccccc1C2=O. The molecule has 186 valence electrons. The quantitative estimate of drug-likeness (QED) is 0.306. The van der Waals surface area contributed by atoms with Gasteiger partial charge in [0.1, 0.15) is 10.1 Å². The van der Waals surface area contributed by atoms with Gasteiger partial charge in [-0.15, -0.1) is 0 Å². The van der Waals surface area contributed by atoms with Gasteiger partial charge in [0.05, 0.1) is 18.0 Å². The van der Waals surface area contributed by atoms with E-state index in [9.17, 15) is 22.6 Å². The second-order valence-electron chi connectivity index (χ2n) is 9.72. The van der Waals surface area contributed by atoms with Gasteiger partial charge in [0.2, 0.25) is 23.0 Å². The minimum Gasteiger partial charge on any atom is -0.744 e. The lowest BCUT2D eigenvalue weighted by Gasteiger charge is -2.13. The molecule has 1 aliphatic rings. The van der Waals surface area contributed by atoms with Crippen LogP contribution in [0.3, 0.4) is 0 Å². The molecule has 1 heterocycles. The molecule has 0 unspecified atom stereocenters. The van der Waals surface area contributed by atoms with Gasteiger partial charge in [-0.3, -0.25) is 9.59 Å². The van der Waals surface area contributed by atoms with Crippen LogP contribution in [0.4, 0.5) is 0 Å². The molecule has 0 atom stereocenters. The van der Waals surface area contributed by atoms with Crippen molar-refractivity contribution in [2.24, 2.45) is 11.8 Å². The number of rotatable bonds is 5. The highest BCUT2D eigenvalue weighted by molar-refractivity contribution is 7.85. The van der Waals surface area contributed by atoms with Gasteiger partial charge < -0.3 is 4.55 Å². The highest BCUT2D eigenvalue weighted by Crippen LogP contribution is 2.27. The van der Waals surface area contributed by atoms with Crippen molar-refractivity contribution in [3.8, 4) is 0 Å². The maximum atomic E-state index is 13.1. The lowest BCUT2D eigenvalue weighted by Crippen LogP contribution is -2.44. The number of benzene rings is 2. The van der Waals surface area contributed by atoms with Crippen molar-refractivity contribution in [2.45, 2.75) is 59.5 Å². The molecule has 35 heavy (non-hydrogen) atoms. The summed E-state index contributed by atoms with van der Waals surface area (Å²) >= 11 is 0. The average molecular weight is 497 g/mol.